The first-order valence-electron chi connectivity index (χ1n) is 24.8. The summed E-state index contributed by atoms with van der Waals surface area (Å²) >= 11 is 0. The molecule has 8 aromatic carbocycles. The summed E-state index contributed by atoms with van der Waals surface area (Å²) in [5.41, 5.74) is 21.0. The van der Waals surface area contributed by atoms with E-state index in [2.05, 4.69) is 158 Å². The summed E-state index contributed by atoms with van der Waals surface area (Å²) in [7, 11) is 0. The van der Waals surface area contributed by atoms with Crippen molar-refractivity contribution in [1.29, 1.82) is 0 Å². The maximum Gasteiger partial charge on any atom is 0.00216 e. The Balaban J connectivity index is 1.15. The zero-order valence-corrected chi connectivity index (χ0v) is 36.3. The first kappa shape index (κ1) is 35.2. The molecule has 8 atom stereocenters. The minimum Gasteiger partial charge on any atom is -0.0804 e. The van der Waals surface area contributed by atoms with Gasteiger partial charge in [0.25, 0.3) is 0 Å². The highest BCUT2D eigenvalue weighted by molar-refractivity contribution is 6.30. The molecule has 20 rings (SSSR count). The zero-order valence-electron chi connectivity index (χ0n) is 36.3. The molecule has 8 bridgehead atoms. The van der Waals surface area contributed by atoms with E-state index in [4.69, 9.17) is 0 Å². The number of allylic oxidation sites excluding steroid dienone is 8. The fourth-order valence-corrected chi connectivity index (χ4v) is 15.1. The van der Waals surface area contributed by atoms with Crippen LogP contribution in [0.4, 0.5) is 0 Å². The van der Waals surface area contributed by atoms with Gasteiger partial charge in [0.05, 0.1) is 0 Å². The van der Waals surface area contributed by atoms with Gasteiger partial charge in [0.15, 0.2) is 0 Å². The highest BCUT2D eigenvalue weighted by atomic mass is 14.4. The smallest absolute Gasteiger partial charge is 0.00216 e. The second-order valence-corrected chi connectivity index (χ2v) is 21.0. The molecule has 64 heavy (non-hydrogen) atoms. The lowest BCUT2D eigenvalue weighted by Crippen LogP contribution is -2.18. The van der Waals surface area contributed by atoms with Crippen molar-refractivity contribution < 1.29 is 0 Å². The summed E-state index contributed by atoms with van der Waals surface area (Å²) in [5.74, 6) is 3.90. The van der Waals surface area contributed by atoms with Crippen LogP contribution < -0.4 is 0 Å². The average molecular weight is 819 g/mol. The van der Waals surface area contributed by atoms with E-state index in [0.717, 1.165) is 0 Å². The fraction of sp³-hybridized carbons (Fsp3) is 0.250. The van der Waals surface area contributed by atoms with Crippen LogP contribution in [0.15, 0.2) is 158 Å². The fourth-order valence-electron chi connectivity index (χ4n) is 15.1. The molecule has 0 N–H and O–H groups in total. The second kappa shape index (κ2) is 12.7. The second-order valence-electron chi connectivity index (χ2n) is 21.0. The van der Waals surface area contributed by atoms with Crippen LogP contribution in [-0.2, 0) is 0 Å². The molecule has 0 nitrogen and oxygen atoms in total. The highest BCUT2D eigenvalue weighted by Crippen LogP contribution is 2.58. The molecule has 306 valence electrons. The zero-order chi connectivity index (χ0) is 41.4. The molecule has 0 aliphatic heterocycles. The van der Waals surface area contributed by atoms with Crippen molar-refractivity contribution in [3.63, 3.8) is 0 Å². The quantitative estimate of drug-likeness (QED) is 0.123. The summed E-state index contributed by atoms with van der Waals surface area (Å²) in [6.45, 7) is 0. The standard InChI is InChI=1S/C64H50/c1-3-7-43(8-4-1)61-53-27-45-35-11-19-39(20-12-35)49(45)31-57(53)63(58-32-50-40-21-13-36(14-22-40)46(50)28-54(58)61)64-59-33-51-41-23-15-37(16-24-41)47(51)29-55(59)62(44-9-5-2-6-10-44)56-30-48-38-17-25-42(26-18-38)52(48)34-60(56)64/h1-11,13,15,17,19,21,23,25,27-42H,12,14,16,18,20,22,24,26H2/t35-,36-,37-,38+,39+,40+,41+,42-/m0/s1. The van der Waals surface area contributed by atoms with Crippen molar-refractivity contribution in [3.05, 3.63) is 202 Å². The van der Waals surface area contributed by atoms with Crippen LogP contribution in [-0.4, -0.2) is 0 Å². The van der Waals surface area contributed by atoms with Gasteiger partial charge in [-0.15, -0.1) is 0 Å². The summed E-state index contributed by atoms with van der Waals surface area (Å²) in [5, 5.41) is 11.5. The first-order chi connectivity index (χ1) is 31.7. The molecule has 0 fully saturated rings. The van der Waals surface area contributed by atoms with E-state index in [-0.39, 0.29) is 0 Å². The molecule has 0 saturated carbocycles. The van der Waals surface area contributed by atoms with Crippen molar-refractivity contribution in [2.75, 3.05) is 0 Å². The lowest BCUT2D eigenvalue weighted by molar-refractivity contribution is 0.554. The Hall–Kier alpha value is -6.24. The van der Waals surface area contributed by atoms with Crippen LogP contribution in [0.25, 0.3) is 76.5 Å². The molecule has 0 unspecified atom stereocenters. The summed E-state index contributed by atoms with van der Waals surface area (Å²) in [4.78, 5) is 0. The number of fused-ring (bicyclic) bond motifs is 8. The Labute approximate surface area is 375 Å². The van der Waals surface area contributed by atoms with Gasteiger partial charge in [0.1, 0.15) is 0 Å². The SMILES string of the molecule is C1=C[C@H]2CC[C@@H]1c1cc3c(-c4c5cc6c(cc5c(-c5ccccc5)c5cc7c(cc45)[C@H]4C=C[C@@H]7CC4)[C@H]4C=C[C@@H]6CC4)c4cc5c(cc4c(-c4ccccc4)c3cc12)[C@H]1C=C[C@@H]5CC1. The van der Waals surface area contributed by atoms with Gasteiger partial charge in [-0.2, -0.15) is 0 Å². The molecule has 0 saturated heterocycles. The molecule has 12 aliphatic rings. The molecule has 0 spiro atoms. The molecule has 8 aromatic rings. The Morgan fingerprint density at radius 1 is 0.219 bits per heavy atom. The topological polar surface area (TPSA) is 0 Å². The predicted octanol–water partition coefficient (Wildman–Crippen LogP) is 17.4. The third-order valence-corrected chi connectivity index (χ3v) is 18.1. The minimum atomic E-state index is 0.482. The Kier molecular flexibility index (Phi) is 6.99. The normalized spacial score (nSPS) is 26.9. The third kappa shape index (κ3) is 4.64. The molecule has 12 aliphatic carbocycles. The maximum absolute atomic E-state index is 2.73. The van der Waals surface area contributed by atoms with Crippen LogP contribution >= 0.6 is 0 Å². The van der Waals surface area contributed by atoms with E-state index < -0.39 is 0 Å². The summed E-state index contributed by atoms with van der Waals surface area (Å²) in [6, 6.07) is 44.6. The van der Waals surface area contributed by atoms with Gasteiger partial charge in [-0.3, -0.25) is 0 Å². The van der Waals surface area contributed by atoms with Gasteiger partial charge in [0.2, 0.25) is 0 Å². The summed E-state index contributed by atoms with van der Waals surface area (Å²) < 4.78 is 0. The van der Waals surface area contributed by atoms with Gasteiger partial charge in [0, 0.05) is 47.3 Å². The van der Waals surface area contributed by atoms with Crippen LogP contribution in [0.1, 0.15) is 143 Å². The van der Waals surface area contributed by atoms with E-state index in [1.54, 1.807) is 44.5 Å². The van der Waals surface area contributed by atoms with Crippen LogP contribution in [0.2, 0.25) is 0 Å². The van der Waals surface area contributed by atoms with Crippen LogP contribution in [0.3, 0.4) is 0 Å². The van der Waals surface area contributed by atoms with E-state index >= 15 is 0 Å². The van der Waals surface area contributed by atoms with Crippen LogP contribution in [0.5, 0.6) is 0 Å². The maximum atomic E-state index is 2.73. The van der Waals surface area contributed by atoms with E-state index in [9.17, 15) is 0 Å². The van der Waals surface area contributed by atoms with Crippen molar-refractivity contribution in [3.8, 4) is 33.4 Å². The van der Waals surface area contributed by atoms with Gasteiger partial charge in [-0.1, -0.05) is 109 Å². The summed E-state index contributed by atoms with van der Waals surface area (Å²) in [6.07, 6.45) is 30.3. The third-order valence-electron chi connectivity index (χ3n) is 18.1. The monoisotopic (exact) mass is 818 g/mol. The van der Waals surface area contributed by atoms with Crippen molar-refractivity contribution >= 4 is 43.1 Å². The van der Waals surface area contributed by atoms with E-state index in [1.165, 1.54) is 128 Å². The van der Waals surface area contributed by atoms with Gasteiger partial charge < -0.3 is 0 Å². The number of hydrogen-bond acceptors (Lipinski definition) is 0. The number of rotatable bonds is 3. The Morgan fingerprint density at radius 3 is 0.594 bits per heavy atom. The average Bonchev–Trinajstić information content (AvgIpc) is 3.37. The Bertz CT molecular complexity index is 3110. The van der Waals surface area contributed by atoms with Gasteiger partial charge in [-0.05, 0) is 221 Å². The minimum absolute atomic E-state index is 0.482. The molecular formula is C64H50. The molecule has 0 heterocycles. The molecule has 0 radical (unpaired) electrons. The molecule has 0 aromatic heterocycles. The Morgan fingerprint density at radius 2 is 0.406 bits per heavy atom. The number of benzene rings is 8. The van der Waals surface area contributed by atoms with Crippen molar-refractivity contribution in [2.45, 2.75) is 98.7 Å². The van der Waals surface area contributed by atoms with Crippen LogP contribution in [0, 0.1) is 0 Å². The van der Waals surface area contributed by atoms with Gasteiger partial charge >= 0.3 is 0 Å². The predicted molar refractivity (Wildman–Crippen MR) is 268 cm³/mol. The molecule has 0 heteroatoms. The lowest BCUT2D eigenvalue weighted by Gasteiger charge is -2.37. The highest BCUT2D eigenvalue weighted by Gasteiger charge is 2.37. The van der Waals surface area contributed by atoms with Crippen molar-refractivity contribution in [1.82, 2.24) is 0 Å². The van der Waals surface area contributed by atoms with Gasteiger partial charge in [-0.25, -0.2) is 0 Å². The van der Waals surface area contributed by atoms with E-state index in [1.807, 2.05) is 0 Å². The molecular weight excluding hydrogens is 769 g/mol. The van der Waals surface area contributed by atoms with Crippen molar-refractivity contribution in [2.24, 2.45) is 0 Å². The first-order valence-corrected chi connectivity index (χ1v) is 24.8. The number of hydrogen-bond donors (Lipinski definition) is 0. The van der Waals surface area contributed by atoms with E-state index in [0.29, 0.717) is 47.3 Å². The molecule has 0 amide bonds. The largest absolute Gasteiger partial charge is 0.0804 e. The lowest BCUT2D eigenvalue weighted by atomic mass is 9.67.